The molecule has 0 heterocycles. The number of aromatic hydroxyl groups is 2. The second kappa shape index (κ2) is 4.56. The Bertz CT molecular complexity index is 402. The first-order valence-electron chi connectivity index (χ1n) is 5.67. The van der Waals surface area contributed by atoms with Gasteiger partial charge in [0.15, 0.2) is 0 Å². The van der Waals surface area contributed by atoms with Gasteiger partial charge < -0.3 is 10.2 Å². The lowest BCUT2D eigenvalue weighted by Gasteiger charge is -2.24. The van der Waals surface area contributed by atoms with Crippen molar-refractivity contribution in [2.45, 2.75) is 31.6 Å². The smallest absolute Gasteiger partial charge is 0.122 e. The van der Waals surface area contributed by atoms with Crippen molar-refractivity contribution in [3.05, 3.63) is 23.8 Å². The fourth-order valence-corrected chi connectivity index (χ4v) is 2.36. The van der Waals surface area contributed by atoms with Crippen LogP contribution in [0.5, 0.6) is 11.5 Å². The van der Waals surface area contributed by atoms with Crippen molar-refractivity contribution in [2.24, 2.45) is 4.99 Å². The molecule has 86 valence electrons. The van der Waals surface area contributed by atoms with E-state index in [1.165, 1.54) is 11.8 Å². The molecule has 0 spiro atoms. The van der Waals surface area contributed by atoms with E-state index in [4.69, 9.17) is 0 Å². The predicted octanol–water partition coefficient (Wildman–Crippen LogP) is 2.83. The number of benzene rings is 1. The van der Waals surface area contributed by atoms with Crippen LogP contribution in [0.15, 0.2) is 23.2 Å². The van der Waals surface area contributed by atoms with E-state index < -0.39 is 0 Å². The lowest BCUT2D eigenvalue weighted by Crippen LogP contribution is -2.12. The van der Waals surface area contributed by atoms with Gasteiger partial charge in [-0.3, -0.25) is 4.99 Å². The van der Waals surface area contributed by atoms with Crippen molar-refractivity contribution in [3.8, 4) is 11.5 Å². The first kappa shape index (κ1) is 11.0. The minimum Gasteiger partial charge on any atom is -0.508 e. The monoisotopic (exact) mass is 219 g/mol. The topological polar surface area (TPSA) is 52.8 Å². The molecule has 0 atom stereocenters. The Labute approximate surface area is 95.5 Å². The summed E-state index contributed by atoms with van der Waals surface area (Å²) in [6, 6.07) is 4.88. The van der Waals surface area contributed by atoms with Crippen LogP contribution in [0.2, 0.25) is 0 Å². The molecule has 3 heteroatoms. The zero-order chi connectivity index (χ0) is 11.5. The van der Waals surface area contributed by atoms with Gasteiger partial charge in [-0.2, -0.15) is 0 Å². The quantitative estimate of drug-likeness (QED) is 0.763. The molecule has 2 N–H and O–H groups in total. The minimum absolute atomic E-state index is 0.118. The van der Waals surface area contributed by atoms with Crippen molar-refractivity contribution < 1.29 is 10.2 Å². The molecule has 1 aliphatic carbocycles. The van der Waals surface area contributed by atoms with E-state index in [1.807, 2.05) is 13.1 Å². The van der Waals surface area contributed by atoms with E-state index in [1.54, 1.807) is 6.07 Å². The Morgan fingerprint density at radius 1 is 1.19 bits per heavy atom. The van der Waals surface area contributed by atoms with Crippen LogP contribution >= 0.6 is 0 Å². The lowest BCUT2D eigenvalue weighted by molar-refractivity contribution is 0.435. The molecule has 3 nitrogen and oxygen atoms in total. The zero-order valence-corrected chi connectivity index (χ0v) is 9.48. The summed E-state index contributed by atoms with van der Waals surface area (Å²) in [6.07, 6.45) is 4.10. The molecule has 0 aliphatic heterocycles. The number of rotatable bonds is 1. The third-order valence-corrected chi connectivity index (χ3v) is 3.33. The molecular weight excluding hydrogens is 202 g/mol. The first-order chi connectivity index (χ1) is 7.70. The van der Waals surface area contributed by atoms with Crippen molar-refractivity contribution in [2.75, 3.05) is 7.05 Å². The summed E-state index contributed by atoms with van der Waals surface area (Å²) in [7, 11) is 1.84. The Morgan fingerprint density at radius 3 is 2.44 bits per heavy atom. The van der Waals surface area contributed by atoms with E-state index in [0.717, 1.165) is 31.2 Å². The molecule has 0 unspecified atom stereocenters. The molecule has 1 fully saturated rings. The third-order valence-electron chi connectivity index (χ3n) is 3.33. The van der Waals surface area contributed by atoms with Crippen LogP contribution in [-0.2, 0) is 0 Å². The summed E-state index contributed by atoms with van der Waals surface area (Å²) in [5, 5.41) is 19.0. The molecule has 16 heavy (non-hydrogen) atoms. The molecule has 1 saturated carbocycles. The van der Waals surface area contributed by atoms with Crippen LogP contribution in [0.25, 0.3) is 0 Å². The number of hydrogen-bond acceptors (Lipinski definition) is 3. The summed E-state index contributed by atoms with van der Waals surface area (Å²) in [5.74, 6) is 0.723. The van der Waals surface area contributed by atoms with Gasteiger partial charge >= 0.3 is 0 Å². The summed E-state index contributed by atoms with van der Waals surface area (Å²) >= 11 is 0. The molecule has 1 aromatic carbocycles. The minimum atomic E-state index is 0.118. The van der Waals surface area contributed by atoms with Gasteiger partial charge in [0.25, 0.3) is 0 Å². The van der Waals surface area contributed by atoms with Gasteiger partial charge in [-0.15, -0.1) is 0 Å². The van der Waals surface area contributed by atoms with Gasteiger partial charge in [-0.25, -0.2) is 0 Å². The fraction of sp³-hybridized carbons (Fsp3) is 0.462. The molecule has 1 aromatic rings. The number of nitrogens with zero attached hydrogens (tertiary/aromatic N) is 1. The number of hydrogen-bond donors (Lipinski definition) is 2. The highest BCUT2D eigenvalue weighted by molar-refractivity contribution is 5.85. The highest BCUT2D eigenvalue weighted by atomic mass is 16.3. The standard InChI is InChI=1S/C13H17NO2/c1-14-10-4-2-9(3-5-10)12-7-6-11(15)8-13(12)16/h6-9,15-16H,2-5H2,1H3. The highest BCUT2D eigenvalue weighted by Crippen LogP contribution is 2.37. The molecule has 0 saturated heterocycles. The van der Waals surface area contributed by atoms with E-state index in [2.05, 4.69) is 4.99 Å². The number of aliphatic imine (C=N–C) groups is 1. The van der Waals surface area contributed by atoms with Crippen LogP contribution < -0.4 is 0 Å². The van der Waals surface area contributed by atoms with Gasteiger partial charge in [0.1, 0.15) is 11.5 Å². The fourth-order valence-electron chi connectivity index (χ4n) is 2.36. The Kier molecular flexibility index (Phi) is 3.13. The second-order valence-corrected chi connectivity index (χ2v) is 4.31. The average molecular weight is 219 g/mol. The SMILES string of the molecule is CN=C1CCC(c2ccc(O)cc2O)CC1. The number of phenolic OH excluding ortho intramolecular Hbond substituents is 2. The third kappa shape index (κ3) is 2.18. The summed E-state index contributed by atoms with van der Waals surface area (Å²) < 4.78 is 0. The van der Waals surface area contributed by atoms with Crippen LogP contribution in [0.3, 0.4) is 0 Å². The zero-order valence-electron chi connectivity index (χ0n) is 9.48. The molecule has 0 bridgehead atoms. The van der Waals surface area contributed by atoms with E-state index >= 15 is 0 Å². The molecule has 2 rings (SSSR count). The molecule has 0 aromatic heterocycles. The van der Waals surface area contributed by atoms with Gasteiger partial charge in [0.2, 0.25) is 0 Å². The maximum atomic E-state index is 9.78. The van der Waals surface area contributed by atoms with Crippen LogP contribution in [0.4, 0.5) is 0 Å². The molecule has 0 amide bonds. The van der Waals surface area contributed by atoms with E-state index in [9.17, 15) is 10.2 Å². The van der Waals surface area contributed by atoms with E-state index in [0.29, 0.717) is 5.92 Å². The van der Waals surface area contributed by atoms with Gasteiger partial charge in [-0.1, -0.05) is 6.07 Å². The normalized spacial score (nSPS) is 20.8. The summed E-state index contributed by atoms with van der Waals surface area (Å²) in [5.41, 5.74) is 2.22. The van der Waals surface area contributed by atoms with Crippen molar-refractivity contribution in [1.82, 2.24) is 0 Å². The van der Waals surface area contributed by atoms with E-state index in [-0.39, 0.29) is 11.5 Å². The molecule has 0 radical (unpaired) electrons. The largest absolute Gasteiger partial charge is 0.508 e. The van der Waals surface area contributed by atoms with Gasteiger partial charge in [-0.05, 0) is 43.2 Å². The van der Waals surface area contributed by atoms with Crippen molar-refractivity contribution in [1.29, 1.82) is 0 Å². The Hall–Kier alpha value is -1.51. The summed E-state index contributed by atoms with van der Waals surface area (Å²) in [4.78, 5) is 4.23. The average Bonchev–Trinajstić information content (AvgIpc) is 2.29. The maximum Gasteiger partial charge on any atom is 0.122 e. The highest BCUT2D eigenvalue weighted by Gasteiger charge is 2.21. The van der Waals surface area contributed by atoms with Crippen molar-refractivity contribution in [3.63, 3.8) is 0 Å². The van der Waals surface area contributed by atoms with Crippen molar-refractivity contribution >= 4 is 5.71 Å². The van der Waals surface area contributed by atoms with Gasteiger partial charge in [0.05, 0.1) is 0 Å². The molecule has 1 aliphatic rings. The predicted molar refractivity (Wildman–Crippen MR) is 64.3 cm³/mol. The second-order valence-electron chi connectivity index (χ2n) is 4.31. The number of phenols is 2. The summed E-state index contributed by atoms with van der Waals surface area (Å²) in [6.45, 7) is 0. The lowest BCUT2D eigenvalue weighted by atomic mass is 9.82. The van der Waals surface area contributed by atoms with Crippen LogP contribution in [0, 0.1) is 0 Å². The van der Waals surface area contributed by atoms with Crippen LogP contribution in [0.1, 0.15) is 37.2 Å². The Balaban J connectivity index is 2.14. The Morgan fingerprint density at radius 2 is 1.88 bits per heavy atom. The molecular formula is C13H17NO2. The first-order valence-corrected chi connectivity index (χ1v) is 5.67. The van der Waals surface area contributed by atoms with Crippen LogP contribution in [-0.4, -0.2) is 23.0 Å². The van der Waals surface area contributed by atoms with Gasteiger partial charge in [0, 0.05) is 18.8 Å². The maximum absolute atomic E-state index is 9.78.